The van der Waals surface area contributed by atoms with Crippen molar-refractivity contribution in [2.75, 3.05) is 0 Å². The van der Waals surface area contributed by atoms with Crippen LogP contribution in [0.15, 0.2) is 42.9 Å². The number of imidazole rings is 1. The first-order valence-corrected chi connectivity index (χ1v) is 12.4. The Balaban J connectivity index is 2.25. The van der Waals surface area contributed by atoms with Gasteiger partial charge in [-0.3, -0.25) is 24.0 Å². The van der Waals surface area contributed by atoms with Gasteiger partial charge in [0, 0.05) is 37.6 Å². The van der Waals surface area contributed by atoms with E-state index in [4.69, 9.17) is 16.6 Å². The number of benzene rings is 1. The van der Waals surface area contributed by atoms with Crippen molar-refractivity contribution < 1.29 is 39.0 Å². The minimum Gasteiger partial charge on any atom is -0.481 e. The highest BCUT2D eigenvalue weighted by atomic mass is 16.4. The maximum Gasteiger partial charge on any atom is 0.326 e. The van der Waals surface area contributed by atoms with Crippen molar-refractivity contribution >= 4 is 35.6 Å². The summed E-state index contributed by atoms with van der Waals surface area (Å²) in [5.74, 6) is -5.67. The van der Waals surface area contributed by atoms with Crippen molar-refractivity contribution in [2.24, 2.45) is 11.5 Å². The summed E-state index contributed by atoms with van der Waals surface area (Å²) in [4.78, 5) is 79.5. The summed E-state index contributed by atoms with van der Waals surface area (Å²) >= 11 is 0. The van der Waals surface area contributed by atoms with Gasteiger partial charge in [-0.05, 0) is 18.4 Å². The van der Waals surface area contributed by atoms with E-state index in [0.717, 1.165) is 0 Å². The number of aromatic amines is 1. The Hall–Kier alpha value is -4.79. The molecule has 1 aromatic heterocycles. The van der Waals surface area contributed by atoms with Crippen LogP contribution < -0.4 is 27.4 Å². The van der Waals surface area contributed by atoms with Crippen LogP contribution in [0.25, 0.3) is 0 Å². The SMILES string of the molecule is NC(=O)CCC(NC(=O)C(Cc1cnc[nH]1)NC(=O)C(Cc1ccccc1)NC(=O)C(N)CCC(=O)O)C(=O)O. The zero-order valence-corrected chi connectivity index (χ0v) is 21.5. The van der Waals surface area contributed by atoms with E-state index in [0.29, 0.717) is 11.3 Å². The van der Waals surface area contributed by atoms with Gasteiger partial charge in [0.25, 0.3) is 0 Å². The molecule has 0 spiro atoms. The lowest BCUT2D eigenvalue weighted by molar-refractivity contribution is -0.142. The van der Waals surface area contributed by atoms with Gasteiger partial charge in [0.15, 0.2) is 0 Å². The third-order valence-electron chi connectivity index (χ3n) is 5.83. The molecule has 0 saturated carbocycles. The molecular formula is C25H33N7O8. The summed E-state index contributed by atoms with van der Waals surface area (Å²) in [6.45, 7) is 0. The molecular weight excluding hydrogens is 526 g/mol. The van der Waals surface area contributed by atoms with Crippen LogP contribution in [0, 0.1) is 0 Å². The van der Waals surface area contributed by atoms with E-state index in [1.165, 1.54) is 12.5 Å². The number of aromatic nitrogens is 2. The first-order chi connectivity index (χ1) is 19.0. The molecule has 15 nitrogen and oxygen atoms in total. The molecule has 0 bridgehead atoms. The third-order valence-corrected chi connectivity index (χ3v) is 5.83. The highest BCUT2D eigenvalue weighted by Crippen LogP contribution is 2.08. The fourth-order valence-corrected chi connectivity index (χ4v) is 3.66. The van der Waals surface area contributed by atoms with Crippen molar-refractivity contribution in [3.05, 3.63) is 54.1 Å². The number of carbonyl (C=O) groups is 6. The van der Waals surface area contributed by atoms with Crippen LogP contribution in [0.1, 0.15) is 36.9 Å². The quantitative estimate of drug-likeness (QED) is 0.108. The minimum atomic E-state index is -1.45. The van der Waals surface area contributed by atoms with E-state index in [2.05, 4.69) is 25.9 Å². The number of hydrogen-bond donors (Lipinski definition) is 8. The summed E-state index contributed by atoms with van der Waals surface area (Å²) in [7, 11) is 0. The molecule has 1 heterocycles. The van der Waals surface area contributed by atoms with Crippen LogP contribution in [0.2, 0.25) is 0 Å². The second-order valence-corrected chi connectivity index (χ2v) is 9.04. The fraction of sp³-hybridized carbons (Fsp3) is 0.400. The molecule has 1 aromatic carbocycles. The van der Waals surface area contributed by atoms with Gasteiger partial charge in [-0.25, -0.2) is 9.78 Å². The molecule has 4 atom stereocenters. The molecule has 4 amide bonds. The van der Waals surface area contributed by atoms with Gasteiger partial charge in [-0.2, -0.15) is 0 Å². The summed E-state index contributed by atoms with van der Waals surface area (Å²) in [5.41, 5.74) is 12.0. The maximum absolute atomic E-state index is 13.4. The lowest BCUT2D eigenvalue weighted by atomic mass is 10.0. The first-order valence-electron chi connectivity index (χ1n) is 12.4. The van der Waals surface area contributed by atoms with E-state index < -0.39 is 59.7 Å². The minimum absolute atomic E-state index is 0.0127. The second kappa shape index (κ2) is 15.6. The third kappa shape index (κ3) is 10.9. The molecule has 0 aliphatic carbocycles. The van der Waals surface area contributed by atoms with Gasteiger partial charge in [-0.15, -0.1) is 0 Å². The van der Waals surface area contributed by atoms with E-state index in [9.17, 15) is 33.9 Å². The molecule has 0 aliphatic rings. The molecule has 2 aromatic rings. The van der Waals surface area contributed by atoms with Crippen LogP contribution in [0.5, 0.6) is 0 Å². The van der Waals surface area contributed by atoms with Crippen molar-refractivity contribution in [1.82, 2.24) is 25.9 Å². The van der Waals surface area contributed by atoms with Gasteiger partial charge < -0.3 is 42.6 Å². The highest BCUT2D eigenvalue weighted by Gasteiger charge is 2.31. The number of amides is 4. The molecule has 10 N–H and O–H groups in total. The number of nitrogens with zero attached hydrogens (tertiary/aromatic N) is 1. The van der Waals surface area contributed by atoms with Crippen molar-refractivity contribution in [3.8, 4) is 0 Å². The van der Waals surface area contributed by atoms with Crippen LogP contribution in [0.3, 0.4) is 0 Å². The number of rotatable bonds is 17. The van der Waals surface area contributed by atoms with Gasteiger partial charge >= 0.3 is 11.9 Å². The monoisotopic (exact) mass is 559 g/mol. The van der Waals surface area contributed by atoms with E-state index in [-0.39, 0.29) is 38.5 Å². The average Bonchev–Trinajstić information content (AvgIpc) is 3.42. The van der Waals surface area contributed by atoms with Gasteiger partial charge in [0.1, 0.15) is 18.1 Å². The number of primary amides is 1. The van der Waals surface area contributed by atoms with Crippen molar-refractivity contribution in [1.29, 1.82) is 0 Å². The molecule has 0 aliphatic heterocycles. The number of carboxylic acids is 2. The molecule has 2 rings (SSSR count). The Morgan fingerprint density at radius 3 is 1.98 bits per heavy atom. The van der Waals surface area contributed by atoms with Gasteiger partial charge in [0.05, 0.1) is 12.4 Å². The highest BCUT2D eigenvalue weighted by molar-refractivity contribution is 5.94. The Kier molecular flexibility index (Phi) is 12.2. The lowest BCUT2D eigenvalue weighted by Crippen LogP contribution is -2.58. The zero-order chi connectivity index (χ0) is 29.7. The number of aliphatic carboxylic acids is 2. The van der Waals surface area contributed by atoms with E-state index >= 15 is 0 Å². The van der Waals surface area contributed by atoms with Gasteiger partial charge in [-0.1, -0.05) is 30.3 Å². The summed E-state index contributed by atoms with van der Waals surface area (Å²) < 4.78 is 0. The molecule has 4 unspecified atom stereocenters. The Labute approximate surface area is 229 Å². The Bertz CT molecular complexity index is 1170. The lowest BCUT2D eigenvalue weighted by Gasteiger charge is -2.25. The van der Waals surface area contributed by atoms with E-state index in [1.807, 2.05) is 0 Å². The smallest absolute Gasteiger partial charge is 0.326 e. The van der Waals surface area contributed by atoms with Gasteiger partial charge in [0.2, 0.25) is 23.6 Å². The van der Waals surface area contributed by atoms with Crippen LogP contribution in [-0.2, 0) is 41.6 Å². The van der Waals surface area contributed by atoms with Crippen molar-refractivity contribution in [3.63, 3.8) is 0 Å². The standard InChI is InChI=1S/C25H33N7O8/c26-16(6-9-21(34)35)22(36)31-18(10-14-4-2-1-3-5-14)23(37)32-19(11-15-12-28-13-29-15)24(38)30-17(25(39)40)7-8-20(27)33/h1-5,12-13,16-19H,6-11,26H2,(H2,27,33)(H,28,29)(H,30,38)(H,31,36)(H,32,37)(H,34,35)(H,39,40). The normalized spacial score (nSPS) is 13.7. The number of carboxylic acid groups (broad SMARTS) is 2. The fourth-order valence-electron chi connectivity index (χ4n) is 3.66. The maximum atomic E-state index is 13.4. The number of carbonyl (C=O) groups excluding carboxylic acids is 4. The number of nitrogens with two attached hydrogens (primary N) is 2. The summed E-state index contributed by atoms with van der Waals surface area (Å²) in [5, 5.41) is 25.7. The molecule has 216 valence electrons. The van der Waals surface area contributed by atoms with Crippen molar-refractivity contribution in [2.45, 2.75) is 62.7 Å². The summed E-state index contributed by atoms with van der Waals surface area (Å²) in [6, 6.07) is 3.51. The summed E-state index contributed by atoms with van der Waals surface area (Å²) in [6.07, 6.45) is 1.62. The van der Waals surface area contributed by atoms with E-state index in [1.54, 1.807) is 30.3 Å². The topological polar surface area (TPSA) is 260 Å². The van der Waals surface area contributed by atoms with Crippen LogP contribution in [0.4, 0.5) is 0 Å². The Morgan fingerprint density at radius 2 is 1.43 bits per heavy atom. The zero-order valence-electron chi connectivity index (χ0n) is 21.5. The number of H-pyrrole nitrogens is 1. The molecule has 0 saturated heterocycles. The predicted octanol–water partition coefficient (Wildman–Crippen LogP) is -1.81. The first kappa shape index (κ1) is 31.4. The molecule has 0 radical (unpaired) electrons. The predicted molar refractivity (Wildman–Crippen MR) is 139 cm³/mol. The second-order valence-electron chi connectivity index (χ2n) is 9.04. The molecule has 0 fully saturated rings. The van der Waals surface area contributed by atoms with Crippen LogP contribution >= 0.6 is 0 Å². The number of nitrogens with one attached hydrogen (secondary N) is 4. The molecule has 15 heteroatoms. The Morgan fingerprint density at radius 1 is 0.825 bits per heavy atom. The largest absolute Gasteiger partial charge is 0.481 e. The molecule has 40 heavy (non-hydrogen) atoms. The van der Waals surface area contributed by atoms with Crippen LogP contribution in [-0.4, -0.2) is 79.9 Å². The number of hydrogen-bond acceptors (Lipinski definition) is 8. The average molecular weight is 560 g/mol.